The summed E-state index contributed by atoms with van der Waals surface area (Å²) in [6.45, 7) is 0. The molecule has 3 rings (SSSR count). The largest absolute Gasteiger partial charge is 0.470 e. The van der Waals surface area contributed by atoms with Gasteiger partial charge < -0.3 is 4.74 Å². The molecule has 1 aliphatic carbocycles. The van der Waals surface area contributed by atoms with E-state index in [4.69, 9.17) is 4.74 Å². The quantitative estimate of drug-likeness (QED) is 0.692. The Morgan fingerprint density at radius 1 is 1.29 bits per heavy atom. The molecular formula is C9H9NO3S. The summed E-state index contributed by atoms with van der Waals surface area (Å²) in [5.74, 6) is 0.462. The number of nitrogens with one attached hydrogen (secondary N) is 1. The van der Waals surface area contributed by atoms with Crippen molar-refractivity contribution in [3.63, 3.8) is 0 Å². The van der Waals surface area contributed by atoms with Gasteiger partial charge in [-0.1, -0.05) is 12.1 Å². The van der Waals surface area contributed by atoms with Gasteiger partial charge in [-0.2, -0.15) is 4.72 Å². The molecule has 5 heteroatoms. The molecule has 1 aliphatic heterocycles. The lowest BCUT2D eigenvalue weighted by Crippen LogP contribution is -2.45. The van der Waals surface area contributed by atoms with Crippen LogP contribution in [0, 0.1) is 0 Å². The highest BCUT2D eigenvalue weighted by atomic mass is 32.2. The maximum Gasteiger partial charge on any atom is 0.247 e. The van der Waals surface area contributed by atoms with Crippen molar-refractivity contribution in [1.82, 2.24) is 4.72 Å². The third-order valence-corrected chi connectivity index (χ3v) is 4.03. The number of fused-ring (bicyclic) bond motifs is 1. The zero-order valence-electron chi connectivity index (χ0n) is 7.36. The van der Waals surface area contributed by atoms with Gasteiger partial charge in [-0.25, -0.2) is 8.42 Å². The number of rotatable bonds is 0. The first-order valence-corrected chi connectivity index (χ1v) is 5.92. The van der Waals surface area contributed by atoms with Gasteiger partial charge in [-0.05, 0) is 12.1 Å². The Bertz CT molecular complexity index is 491. The van der Waals surface area contributed by atoms with E-state index in [1.807, 2.05) is 0 Å². The van der Waals surface area contributed by atoms with Gasteiger partial charge in [-0.15, -0.1) is 0 Å². The third kappa shape index (κ3) is 1.06. The standard InChI is InChI=1S/C9H9NO3S/c11-14(12)8-4-2-1-3-7(8)13-9(10-14)5-6-9/h1-4,10H,5-6H2. The Balaban J connectivity index is 2.22. The van der Waals surface area contributed by atoms with Crippen molar-refractivity contribution in [1.29, 1.82) is 0 Å². The highest BCUT2D eigenvalue weighted by Gasteiger charge is 2.52. The molecule has 1 aromatic carbocycles. The van der Waals surface area contributed by atoms with Gasteiger partial charge in [0.15, 0.2) is 5.72 Å². The van der Waals surface area contributed by atoms with Gasteiger partial charge in [0, 0.05) is 12.8 Å². The minimum atomic E-state index is -3.36. The summed E-state index contributed by atoms with van der Waals surface area (Å²) in [5, 5.41) is 0. The van der Waals surface area contributed by atoms with Gasteiger partial charge in [0.2, 0.25) is 10.0 Å². The molecule has 0 atom stereocenters. The molecule has 1 spiro atoms. The second-order valence-corrected chi connectivity index (χ2v) is 5.30. The Labute approximate surface area is 81.9 Å². The molecule has 2 aliphatic rings. The molecule has 1 saturated carbocycles. The summed E-state index contributed by atoms with van der Waals surface area (Å²) in [7, 11) is -3.36. The molecule has 4 nitrogen and oxygen atoms in total. The SMILES string of the molecule is O=S1(=O)NC2(CC2)Oc2ccccc21. The summed E-state index contributed by atoms with van der Waals surface area (Å²) < 4.78 is 31.6. The summed E-state index contributed by atoms with van der Waals surface area (Å²) in [6, 6.07) is 6.70. The first kappa shape index (κ1) is 8.26. The lowest BCUT2D eigenvalue weighted by atomic mass is 10.3. The van der Waals surface area contributed by atoms with Crippen LogP contribution in [0.25, 0.3) is 0 Å². The van der Waals surface area contributed by atoms with Gasteiger partial charge in [0.25, 0.3) is 0 Å². The smallest absolute Gasteiger partial charge is 0.247 e. The zero-order chi connectivity index (χ0) is 9.81. The minimum Gasteiger partial charge on any atom is -0.470 e. The van der Waals surface area contributed by atoms with E-state index < -0.39 is 15.7 Å². The third-order valence-electron chi connectivity index (χ3n) is 2.47. The molecule has 1 fully saturated rings. The second kappa shape index (κ2) is 2.29. The maximum atomic E-state index is 11.7. The molecule has 0 radical (unpaired) electrons. The van der Waals surface area contributed by atoms with Crippen LogP contribution in [-0.4, -0.2) is 14.1 Å². The van der Waals surface area contributed by atoms with Crippen LogP contribution in [0.4, 0.5) is 0 Å². The minimum absolute atomic E-state index is 0.234. The van der Waals surface area contributed by atoms with E-state index in [2.05, 4.69) is 4.72 Å². The van der Waals surface area contributed by atoms with Crippen LogP contribution in [0.3, 0.4) is 0 Å². The zero-order valence-corrected chi connectivity index (χ0v) is 8.17. The Morgan fingerprint density at radius 2 is 2.00 bits per heavy atom. The van der Waals surface area contributed by atoms with Crippen LogP contribution in [0.1, 0.15) is 12.8 Å². The fraction of sp³-hybridized carbons (Fsp3) is 0.333. The van der Waals surface area contributed by atoms with Gasteiger partial charge >= 0.3 is 0 Å². The van der Waals surface area contributed by atoms with Crippen molar-refractivity contribution in [3.05, 3.63) is 24.3 Å². The molecule has 1 aromatic rings. The van der Waals surface area contributed by atoms with Crippen LogP contribution in [-0.2, 0) is 10.0 Å². The number of ether oxygens (including phenoxy) is 1. The Hall–Kier alpha value is -1.07. The van der Waals surface area contributed by atoms with Gasteiger partial charge in [0.1, 0.15) is 10.6 Å². The average Bonchev–Trinajstić information content (AvgIpc) is 2.83. The summed E-state index contributed by atoms with van der Waals surface area (Å²) >= 11 is 0. The predicted octanol–water partition coefficient (Wildman–Crippen LogP) is 0.847. The number of para-hydroxylation sites is 1. The second-order valence-electron chi connectivity index (χ2n) is 3.65. The molecule has 74 valence electrons. The van der Waals surface area contributed by atoms with Crippen molar-refractivity contribution < 1.29 is 13.2 Å². The fourth-order valence-electron chi connectivity index (χ4n) is 1.61. The van der Waals surface area contributed by atoms with E-state index in [1.165, 1.54) is 0 Å². The lowest BCUT2D eigenvalue weighted by molar-refractivity contribution is 0.153. The molecule has 0 saturated heterocycles. The van der Waals surface area contributed by atoms with E-state index >= 15 is 0 Å². The van der Waals surface area contributed by atoms with Crippen LogP contribution < -0.4 is 9.46 Å². The van der Waals surface area contributed by atoms with Gasteiger partial charge in [0.05, 0.1) is 0 Å². The normalized spacial score (nSPS) is 25.1. The molecule has 0 bridgehead atoms. The molecule has 0 aromatic heterocycles. The summed E-state index contributed by atoms with van der Waals surface area (Å²) in [5.41, 5.74) is -0.632. The highest BCUT2D eigenvalue weighted by Crippen LogP contribution is 2.44. The monoisotopic (exact) mass is 211 g/mol. The first-order valence-electron chi connectivity index (χ1n) is 4.43. The van der Waals surface area contributed by atoms with E-state index in [0.717, 1.165) is 12.8 Å². The van der Waals surface area contributed by atoms with Crippen molar-refractivity contribution in [2.24, 2.45) is 0 Å². The number of sulfonamides is 1. The molecule has 1 N–H and O–H groups in total. The van der Waals surface area contributed by atoms with Crippen LogP contribution >= 0.6 is 0 Å². The first-order chi connectivity index (χ1) is 6.61. The van der Waals surface area contributed by atoms with E-state index in [9.17, 15) is 8.42 Å². The fourth-order valence-corrected chi connectivity index (χ4v) is 3.08. The van der Waals surface area contributed by atoms with Crippen molar-refractivity contribution in [3.8, 4) is 5.75 Å². The number of hydrogen-bond acceptors (Lipinski definition) is 3. The van der Waals surface area contributed by atoms with Crippen LogP contribution in [0.15, 0.2) is 29.2 Å². The Morgan fingerprint density at radius 3 is 2.71 bits per heavy atom. The number of benzene rings is 1. The van der Waals surface area contributed by atoms with Crippen LogP contribution in [0.5, 0.6) is 5.75 Å². The van der Waals surface area contributed by atoms with E-state index in [1.54, 1.807) is 24.3 Å². The Kier molecular flexibility index (Phi) is 1.35. The predicted molar refractivity (Wildman–Crippen MR) is 49.4 cm³/mol. The van der Waals surface area contributed by atoms with Crippen LogP contribution in [0.2, 0.25) is 0 Å². The molecule has 0 unspecified atom stereocenters. The topological polar surface area (TPSA) is 55.4 Å². The molecule has 0 amide bonds. The average molecular weight is 211 g/mol. The van der Waals surface area contributed by atoms with Gasteiger partial charge in [-0.3, -0.25) is 0 Å². The molecular weight excluding hydrogens is 202 g/mol. The van der Waals surface area contributed by atoms with Crippen molar-refractivity contribution in [2.45, 2.75) is 23.5 Å². The van der Waals surface area contributed by atoms with Crippen molar-refractivity contribution in [2.75, 3.05) is 0 Å². The molecule has 1 heterocycles. The number of hydrogen-bond donors (Lipinski definition) is 1. The summed E-state index contributed by atoms with van der Waals surface area (Å²) in [6.07, 6.45) is 1.50. The van der Waals surface area contributed by atoms with Crippen molar-refractivity contribution >= 4 is 10.0 Å². The lowest BCUT2D eigenvalue weighted by Gasteiger charge is -2.26. The highest BCUT2D eigenvalue weighted by molar-refractivity contribution is 7.89. The maximum absolute atomic E-state index is 11.7. The summed E-state index contributed by atoms with van der Waals surface area (Å²) in [4.78, 5) is 0.234. The van der Waals surface area contributed by atoms with E-state index in [-0.39, 0.29) is 4.90 Å². The molecule has 14 heavy (non-hydrogen) atoms. The van der Waals surface area contributed by atoms with E-state index in [0.29, 0.717) is 5.75 Å².